The normalized spacial score (nSPS) is 11.0. The average molecular weight is 417 g/mol. The van der Waals surface area contributed by atoms with E-state index in [4.69, 9.17) is 15.2 Å². The molecule has 3 aromatic rings. The van der Waals surface area contributed by atoms with Gasteiger partial charge in [0, 0.05) is 0 Å². The van der Waals surface area contributed by atoms with Crippen molar-refractivity contribution < 1.29 is 18.7 Å². The number of nitrogen functional groups attached to an aromatic ring is 1. The monoisotopic (exact) mass is 417 g/mol. The molecule has 3 rings (SSSR count). The molecule has 0 amide bonds. The second-order valence-electron chi connectivity index (χ2n) is 6.71. The minimum Gasteiger partial charge on any atom is -0.463 e. The quantitative estimate of drug-likeness (QED) is 0.382. The van der Waals surface area contributed by atoms with Crippen molar-refractivity contribution in [3.63, 3.8) is 0 Å². The van der Waals surface area contributed by atoms with Gasteiger partial charge in [-0.3, -0.25) is 9.36 Å². The highest BCUT2D eigenvalue weighted by atomic mass is 19.1. The number of hydrogen-bond acceptors (Lipinski definition) is 7. The van der Waals surface area contributed by atoms with Crippen LogP contribution in [0.4, 0.5) is 10.2 Å². The van der Waals surface area contributed by atoms with Crippen molar-refractivity contribution in [3.05, 3.63) is 45.9 Å². The summed E-state index contributed by atoms with van der Waals surface area (Å²) < 4.78 is 23.9. The summed E-state index contributed by atoms with van der Waals surface area (Å²) in [6, 6.07) is 7.26. The van der Waals surface area contributed by atoms with Crippen LogP contribution in [-0.4, -0.2) is 45.4 Å². The lowest BCUT2D eigenvalue weighted by atomic mass is 10.1. The van der Waals surface area contributed by atoms with Gasteiger partial charge in [-0.1, -0.05) is 37.6 Å². The average Bonchev–Trinajstić information content (AvgIpc) is 3.03. The first-order valence-corrected chi connectivity index (χ1v) is 9.70. The van der Waals surface area contributed by atoms with Crippen molar-refractivity contribution >= 4 is 23.0 Å². The fourth-order valence-electron chi connectivity index (χ4n) is 2.94. The van der Waals surface area contributed by atoms with Crippen LogP contribution in [0, 0.1) is 0 Å². The van der Waals surface area contributed by atoms with Crippen LogP contribution in [-0.2, 0) is 22.5 Å². The zero-order valence-electron chi connectivity index (χ0n) is 16.7. The van der Waals surface area contributed by atoms with Gasteiger partial charge in [-0.25, -0.2) is 9.18 Å². The Kier molecular flexibility index (Phi) is 6.99. The molecule has 2 heterocycles. The maximum Gasteiger partial charge on any atom is 0.328 e. The van der Waals surface area contributed by atoms with Crippen molar-refractivity contribution in [1.29, 1.82) is 0 Å². The number of aromatic nitrogens is 4. The zero-order chi connectivity index (χ0) is 21.5. The minimum atomic E-state index is -0.718. The van der Waals surface area contributed by atoms with Gasteiger partial charge in [0.2, 0.25) is 0 Å². The smallest absolute Gasteiger partial charge is 0.328 e. The number of benzene rings is 1. The molecule has 2 aromatic heterocycles. The number of nitrogens with two attached hydrogens (primary N) is 1. The number of carbonyl (C=O) groups is 1. The number of imidazole rings is 1. The minimum absolute atomic E-state index is 0.0150. The lowest BCUT2D eigenvalue weighted by Crippen LogP contribution is -2.18. The van der Waals surface area contributed by atoms with Crippen molar-refractivity contribution in [1.82, 2.24) is 19.5 Å². The van der Waals surface area contributed by atoms with Crippen molar-refractivity contribution in [2.75, 3.05) is 25.6 Å². The number of esters is 1. The fourth-order valence-corrected chi connectivity index (χ4v) is 2.94. The van der Waals surface area contributed by atoms with Gasteiger partial charge in [-0.2, -0.15) is 9.97 Å². The molecule has 0 saturated heterocycles. The Morgan fingerprint density at radius 2 is 2.07 bits per heavy atom. The molecule has 0 spiro atoms. The first-order valence-electron chi connectivity index (χ1n) is 9.70. The number of rotatable bonds is 10. The summed E-state index contributed by atoms with van der Waals surface area (Å²) in [6.07, 6.45) is 1.83. The Morgan fingerprint density at radius 1 is 1.27 bits per heavy atom. The third-order valence-corrected chi connectivity index (χ3v) is 4.38. The number of ether oxygens (including phenoxy) is 2. The first-order chi connectivity index (χ1) is 14.5. The van der Waals surface area contributed by atoms with E-state index >= 15 is 0 Å². The van der Waals surface area contributed by atoms with E-state index < -0.39 is 12.6 Å². The molecule has 0 aliphatic rings. The first kappa shape index (κ1) is 21.3. The van der Waals surface area contributed by atoms with Gasteiger partial charge >= 0.3 is 17.7 Å². The Hall–Kier alpha value is -3.43. The molecular weight excluding hydrogens is 393 g/mol. The highest BCUT2D eigenvalue weighted by Gasteiger charge is 2.15. The Balaban J connectivity index is 1.84. The summed E-state index contributed by atoms with van der Waals surface area (Å²) in [5, 5.41) is 0. The van der Waals surface area contributed by atoms with E-state index in [9.17, 15) is 14.0 Å². The van der Waals surface area contributed by atoms with Crippen LogP contribution in [0.25, 0.3) is 11.2 Å². The fraction of sp³-hybridized carbons (Fsp3) is 0.400. The lowest BCUT2D eigenvalue weighted by Gasteiger charge is -2.08. The number of aromatic amines is 1. The van der Waals surface area contributed by atoms with Crippen LogP contribution >= 0.6 is 0 Å². The van der Waals surface area contributed by atoms with Crippen LogP contribution in [0.1, 0.15) is 30.9 Å². The van der Waals surface area contributed by atoms with Crippen molar-refractivity contribution in [2.24, 2.45) is 0 Å². The number of alkyl halides is 1. The number of halogens is 1. The number of nitrogens with one attached hydrogen (secondary N) is 1. The number of unbranched alkanes of at least 4 members (excludes halogenated alkanes) is 1. The molecule has 160 valence electrons. The van der Waals surface area contributed by atoms with Gasteiger partial charge in [-0.05, 0) is 17.5 Å². The van der Waals surface area contributed by atoms with Crippen LogP contribution in [0.2, 0.25) is 0 Å². The predicted molar refractivity (Wildman–Crippen MR) is 109 cm³/mol. The van der Waals surface area contributed by atoms with Crippen LogP contribution in [0.3, 0.4) is 0 Å². The second kappa shape index (κ2) is 9.86. The van der Waals surface area contributed by atoms with Gasteiger partial charge in [0.15, 0.2) is 11.5 Å². The summed E-state index contributed by atoms with van der Waals surface area (Å²) in [5.41, 5.74) is 7.73. The molecule has 0 bridgehead atoms. The zero-order valence-corrected chi connectivity index (χ0v) is 16.7. The summed E-state index contributed by atoms with van der Waals surface area (Å²) >= 11 is 0. The number of H-pyrrole nitrogens is 1. The molecule has 1 aromatic carbocycles. The number of nitrogens with zero attached hydrogens (tertiary/aromatic N) is 3. The van der Waals surface area contributed by atoms with Crippen LogP contribution in [0.5, 0.6) is 6.01 Å². The number of anilines is 1. The Labute approximate surface area is 172 Å². The molecular formula is C20H24FN5O4. The molecule has 0 saturated carbocycles. The van der Waals surface area contributed by atoms with E-state index in [1.807, 2.05) is 13.0 Å². The maximum absolute atomic E-state index is 12.5. The van der Waals surface area contributed by atoms with E-state index in [2.05, 4.69) is 15.0 Å². The topological polar surface area (TPSA) is 125 Å². The van der Waals surface area contributed by atoms with Crippen molar-refractivity contribution in [2.45, 2.75) is 32.7 Å². The number of fused-ring (bicyclic) bond motifs is 1. The molecule has 3 N–H and O–H groups in total. The van der Waals surface area contributed by atoms with Gasteiger partial charge in [0.1, 0.15) is 18.8 Å². The Bertz CT molecular complexity index is 1080. The van der Waals surface area contributed by atoms with Crippen LogP contribution < -0.4 is 16.2 Å². The molecule has 0 unspecified atom stereocenters. The summed E-state index contributed by atoms with van der Waals surface area (Å²) in [4.78, 5) is 35.3. The molecule has 30 heavy (non-hydrogen) atoms. The highest BCUT2D eigenvalue weighted by Crippen LogP contribution is 2.19. The highest BCUT2D eigenvalue weighted by molar-refractivity contribution is 5.82. The van der Waals surface area contributed by atoms with Gasteiger partial charge < -0.3 is 20.2 Å². The second-order valence-corrected chi connectivity index (χ2v) is 6.71. The third kappa shape index (κ3) is 5.13. The number of carbonyl (C=O) groups excluding carboxylic acids is 1. The summed E-state index contributed by atoms with van der Waals surface area (Å²) in [5.74, 6) is -0.379. The van der Waals surface area contributed by atoms with E-state index in [0.717, 1.165) is 18.4 Å². The molecule has 0 atom stereocenters. The van der Waals surface area contributed by atoms with E-state index in [1.54, 1.807) is 18.2 Å². The SMILES string of the molecule is CCCCOc1nc(N)c2[nH]c(=O)n(Cc3cccc(CC(=O)OCCF)c3)c2n1. The van der Waals surface area contributed by atoms with E-state index in [0.29, 0.717) is 23.3 Å². The van der Waals surface area contributed by atoms with Crippen LogP contribution in [0.15, 0.2) is 29.1 Å². The molecule has 9 nitrogen and oxygen atoms in total. The largest absolute Gasteiger partial charge is 0.463 e. The molecule has 0 aliphatic carbocycles. The van der Waals surface area contributed by atoms with Gasteiger partial charge in [0.05, 0.1) is 19.6 Å². The molecule has 0 radical (unpaired) electrons. The van der Waals surface area contributed by atoms with E-state index in [-0.39, 0.29) is 37.1 Å². The summed E-state index contributed by atoms with van der Waals surface area (Å²) in [6.45, 7) is 1.73. The molecule has 0 fully saturated rings. The molecule has 0 aliphatic heterocycles. The summed E-state index contributed by atoms with van der Waals surface area (Å²) in [7, 11) is 0. The Morgan fingerprint density at radius 3 is 2.83 bits per heavy atom. The van der Waals surface area contributed by atoms with Crippen molar-refractivity contribution in [3.8, 4) is 6.01 Å². The maximum atomic E-state index is 12.5. The molecule has 10 heteroatoms. The van der Waals surface area contributed by atoms with Gasteiger partial charge in [0.25, 0.3) is 0 Å². The third-order valence-electron chi connectivity index (χ3n) is 4.38. The van der Waals surface area contributed by atoms with E-state index in [1.165, 1.54) is 4.57 Å². The van der Waals surface area contributed by atoms with Gasteiger partial charge in [-0.15, -0.1) is 0 Å². The predicted octanol–water partition coefficient (Wildman–Crippen LogP) is 1.98. The lowest BCUT2D eigenvalue weighted by molar-refractivity contribution is -0.143. The standard InChI is InChI=1S/C20H24FN5O4/c1-2-3-8-30-19-24-17(22)16-18(25-19)26(20(28)23-16)12-14-6-4-5-13(10-14)11-15(27)29-9-7-21/h4-6,10H,2-3,7-9,11-12H2,1H3,(H,23,28)(H2,22,24,25). The number of hydrogen-bond donors (Lipinski definition) is 2.